The van der Waals surface area contributed by atoms with Crippen LogP contribution in [0.3, 0.4) is 0 Å². The third-order valence-electron chi connectivity index (χ3n) is 2.04. The molecule has 0 atom stereocenters. The summed E-state index contributed by atoms with van der Waals surface area (Å²) < 4.78 is 0. The molecule has 82 valence electrons. The summed E-state index contributed by atoms with van der Waals surface area (Å²) in [6.07, 6.45) is 4.38. The van der Waals surface area contributed by atoms with Gasteiger partial charge < -0.3 is 4.90 Å². The van der Waals surface area contributed by atoms with Crippen LogP contribution in [-0.4, -0.2) is 25.5 Å². The predicted octanol–water partition coefficient (Wildman–Crippen LogP) is 3.81. The lowest BCUT2D eigenvalue weighted by Gasteiger charge is -2.18. The molecule has 1 rings (SSSR count). The van der Waals surface area contributed by atoms with Gasteiger partial charge in [-0.15, -0.1) is 0 Å². The molecule has 0 bridgehead atoms. The van der Waals surface area contributed by atoms with Crippen molar-refractivity contribution in [2.45, 2.75) is 33.6 Å². The van der Waals surface area contributed by atoms with E-state index in [0.29, 0.717) is 0 Å². The Morgan fingerprint density at radius 1 is 1.29 bits per heavy atom. The fourth-order valence-corrected chi connectivity index (χ4v) is 1.73. The molecular formula is C12H22ClN. The highest BCUT2D eigenvalue weighted by Crippen LogP contribution is 2.26. The van der Waals surface area contributed by atoms with Crippen LogP contribution >= 0.6 is 11.6 Å². The highest BCUT2D eigenvalue weighted by molar-refractivity contribution is 6.31. The van der Waals surface area contributed by atoms with Crippen LogP contribution in [0.5, 0.6) is 0 Å². The summed E-state index contributed by atoms with van der Waals surface area (Å²) in [5.74, 6) is 0. The molecule has 0 spiro atoms. The Kier molecular flexibility index (Phi) is 6.94. The number of hydrogen-bond donors (Lipinski definition) is 0. The summed E-state index contributed by atoms with van der Waals surface area (Å²) in [6.45, 7) is 7.12. The zero-order valence-corrected chi connectivity index (χ0v) is 10.8. The minimum Gasteiger partial charge on any atom is -0.305 e. The standard InChI is InChI=1S/C10H16ClN.C2H6/c1-8-4-5-9(7-12(2)3)10(11)6-8;1-2/h6H,4-5,7H2,1-3H3;1-2H3. The molecule has 1 aliphatic rings. The summed E-state index contributed by atoms with van der Waals surface area (Å²) in [7, 11) is 4.14. The molecule has 0 aromatic heterocycles. The van der Waals surface area contributed by atoms with Gasteiger partial charge in [-0.2, -0.15) is 0 Å². The van der Waals surface area contributed by atoms with Gasteiger partial charge in [0.2, 0.25) is 0 Å². The SMILES string of the molecule is CC.CC1=CC(Cl)=C(CN(C)C)CC1. The van der Waals surface area contributed by atoms with Crippen LogP contribution in [0.25, 0.3) is 0 Å². The van der Waals surface area contributed by atoms with Crippen LogP contribution in [0.15, 0.2) is 22.3 Å². The lowest BCUT2D eigenvalue weighted by atomic mass is 9.99. The van der Waals surface area contributed by atoms with Crippen LogP contribution in [0.4, 0.5) is 0 Å². The Morgan fingerprint density at radius 3 is 2.29 bits per heavy atom. The average Bonchev–Trinajstić information content (AvgIpc) is 2.13. The molecule has 14 heavy (non-hydrogen) atoms. The summed E-state index contributed by atoms with van der Waals surface area (Å²) >= 11 is 6.10. The van der Waals surface area contributed by atoms with Crippen molar-refractivity contribution in [2.75, 3.05) is 20.6 Å². The van der Waals surface area contributed by atoms with Crippen molar-refractivity contribution in [3.05, 3.63) is 22.3 Å². The first kappa shape index (κ1) is 13.7. The molecule has 0 N–H and O–H groups in total. The van der Waals surface area contributed by atoms with Crippen molar-refractivity contribution >= 4 is 11.6 Å². The molecule has 0 saturated carbocycles. The molecule has 0 saturated heterocycles. The Labute approximate surface area is 93.4 Å². The van der Waals surface area contributed by atoms with Crippen LogP contribution in [-0.2, 0) is 0 Å². The van der Waals surface area contributed by atoms with Gasteiger partial charge in [0.15, 0.2) is 0 Å². The van der Waals surface area contributed by atoms with Gasteiger partial charge in [0.05, 0.1) is 0 Å². The minimum atomic E-state index is 0.951. The topological polar surface area (TPSA) is 3.24 Å². The van der Waals surface area contributed by atoms with Crippen LogP contribution < -0.4 is 0 Å². The molecule has 0 fully saturated rings. The molecule has 0 unspecified atom stereocenters. The highest BCUT2D eigenvalue weighted by Gasteiger charge is 2.09. The van der Waals surface area contributed by atoms with Gasteiger partial charge in [-0.05, 0) is 45.5 Å². The van der Waals surface area contributed by atoms with E-state index in [2.05, 4.69) is 32.0 Å². The summed E-state index contributed by atoms with van der Waals surface area (Å²) in [5.41, 5.74) is 2.76. The molecule has 0 aliphatic heterocycles. The molecule has 1 aliphatic carbocycles. The second kappa shape index (κ2) is 7.08. The first-order valence-electron chi connectivity index (χ1n) is 5.29. The Bertz CT molecular complexity index is 226. The zero-order valence-electron chi connectivity index (χ0n) is 10.0. The highest BCUT2D eigenvalue weighted by atomic mass is 35.5. The third kappa shape index (κ3) is 4.83. The lowest BCUT2D eigenvalue weighted by Crippen LogP contribution is -2.16. The van der Waals surface area contributed by atoms with Crippen LogP contribution in [0.2, 0.25) is 0 Å². The van der Waals surface area contributed by atoms with Gasteiger partial charge in [0, 0.05) is 11.6 Å². The second-order valence-corrected chi connectivity index (χ2v) is 4.09. The number of hydrogen-bond acceptors (Lipinski definition) is 1. The second-order valence-electron chi connectivity index (χ2n) is 3.68. The quantitative estimate of drug-likeness (QED) is 0.677. The molecule has 0 heterocycles. The van der Waals surface area contributed by atoms with Crippen molar-refractivity contribution in [3.63, 3.8) is 0 Å². The van der Waals surface area contributed by atoms with Crippen molar-refractivity contribution in [1.82, 2.24) is 4.90 Å². The molecule has 1 nitrogen and oxygen atoms in total. The van der Waals surface area contributed by atoms with Crippen LogP contribution in [0, 0.1) is 0 Å². The van der Waals surface area contributed by atoms with Gasteiger partial charge >= 0.3 is 0 Å². The largest absolute Gasteiger partial charge is 0.305 e. The van der Waals surface area contributed by atoms with Gasteiger partial charge in [-0.1, -0.05) is 31.0 Å². The number of rotatable bonds is 2. The van der Waals surface area contributed by atoms with Crippen LogP contribution in [0.1, 0.15) is 33.6 Å². The van der Waals surface area contributed by atoms with Gasteiger partial charge in [-0.25, -0.2) is 0 Å². The smallest absolute Gasteiger partial charge is 0.0410 e. The number of likely N-dealkylation sites (N-methyl/N-ethyl adjacent to an activating group) is 1. The average molecular weight is 216 g/mol. The number of allylic oxidation sites excluding steroid dienone is 3. The number of halogens is 1. The van der Waals surface area contributed by atoms with E-state index in [4.69, 9.17) is 11.6 Å². The third-order valence-corrected chi connectivity index (χ3v) is 2.42. The zero-order chi connectivity index (χ0) is 11.1. The summed E-state index contributed by atoms with van der Waals surface area (Å²) in [4.78, 5) is 2.16. The molecule has 0 amide bonds. The molecule has 2 heteroatoms. The normalized spacial score (nSPS) is 16.4. The van der Waals surface area contributed by atoms with E-state index in [1.54, 1.807) is 0 Å². The number of nitrogens with zero attached hydrogens (tertiary/aromatic N) is 1. The predicted molar refractivity (Wildman–Crippen MR) is 65.8 cm³/mol. The van der Waals surface area contributed by atoms with Gasteiger partial charge in [-0.3, -0.25) is 0 Å². The monoisotopic (exact) mass is 215 g/mol. The van der Waals surface area contributed by atoms with E-state index in [1.165, 1.54) is 17.6 Å². The maximum atomic E-state index is 6.10. The van der Waals surface area contributed by atoms with Gasteiger partial charge in [0.1, 0.15) is 0 Å². The van der Waals surface area contributed by atoms with E-state index in [1.807, 2.05) is 13.8 Å². The van der Waals surface area contributed by atoms with E-state index >= 15 is 0 Å². The Morgan fingerprint density at radius 2 is 1.86 bits per heavy atom. The van der Waals surface area contributed by atoms with E-state index in [9.17, 15) is 0 Å². The van der Waals surface area contributed by atoms with Crippen molar-refractivity contribution in [3.8, 4) is 0 Å². The molecule has 0 aromatic rings. The lowest BCUT2D eigenvalue weighted by molar-refractivity contribution is 0.438. The molecule has 0 radical (unpaired) electrons. The molecular weight excluding hydrogens is 194 g/mol. The molecule has 0 aromatic carbocycles. The minimum absolute atomic E-state index is 0.951. The summed E-state index contributed by atoms with van der Waals surface area (Å²) in [5, 5.41) is 0.951. The van der Waals surface area contributed by atoms with Crippen molar-refractivity contribution in [2.24, 2.45) is 0 Å². The first-order chi connectivity index (χ1) is 6.59. The summed E-state index contributed by atoms with van der Waals surface area (Å²) in [6, 6.07) is 0. The maximum absolute atomic E-state index is 6.10. The van der Waals surface area contributed by atoms with Crippen molar-refractivity contribution < 1.29 is 0 Å². The first-order valence-corrected chi connectivity index (χ1v) is 5.67. The Hall–Kier alpha value is -0.270. The fraction of sp³-hybridized carbons (Fsp3) is 0.667. The van der Waals surface area contributed by atoms with Crippen molar-refractivity contribution in [1.29, 1.82) is 0 Å². The van der Waals surface area contributed by atoms with E-state index in [0.717, 1.165) is 18.0 Å². The fourth-order valence-electron chi connectivity index (χ4n) is 1.39. The van der Waals surface area contributed by atoms with E-state index in [-0.39, 0.29) is 0 Å². The maximum Gasteiger partial charge on any atom is 0.0410 e. The van der Waals surface area contributed by atoms with Gasteiger partial charge in [0.25, 0.3) is 0 Å². The van der Waals surface area contributed by atoms with E-state index < -0.39 is 0 Å². The Balaban J connectivity index is 0.000000791.